The van der Waals surface area contributed by atoms with E-state index in [0.717, 1.165) is 32.1 Å². The summed E-state index contributed by atoms with van der Waals surface area (Å²) in [6.45, 7) is 5.79. The van der Waals surface area contributed by atoms with Gasteiger partial charge < -0.3 is 19.1 Å². The molecular formula is C21H32N2O4. The zero-order valence-corrected chi connectivity index (χ0v) is 17.0. The molecule has 0 bridgehead atoms. The van der Waals surface area contributed by atoms with Crippen LogP contribution in [0.3, 0.4) is 0 Å². The molecule has 1 aromatic carbocycles. The van der Waals surface area contributed by atoms with Gasteiger partial charge in [-0.1, -0.05) is 19.8 Å². The van der Waals surface area contributed by atoms with Gasteiger partial charge in [-0.25, -0.2) is 0 Å². The van der Waals surface area contributed by atoms with E-state index in [4.69, 9.17) is 14.2 Å². The Morgan fingerprint density at radius 3 is 2.11 bits per heavy atom. The second-order valence-electron chi connectivity index (χ2n) is 7.67. The number of carbonyl (C=O) groups is 1. The van der Waals surface area contributed by atoms with E-state index in [1.165, 1.54) is 25.7 Å². The third-order valence-corrected chi connectivity index (χ3v) is 5.94. The number of carbonyl (C=O) groups excluding carboxylic acids is 1. The first-order chi connectivity index (χ1) is 13.1. The molecule has 1 aliphatic heterocycles. The average Bonchev–Trinajstić information content (AvgIpc) is 2.72. The van der Waals surface area contributed by atoms with Crippen LogP contribution < -0.4 is 14.2 Å². The molecule has 2 fully saturated rings. The topological polar surface area (TPSA) is 51.2 Å². The summed E-state index contributed by atoms with van der Waals surface area (Å²) in [4.78, 5) is 17.5. The second kappa shape index (κ2) is 8.83. The number of piperazine rings is 1. The van der Waals surface area contributed by atoms with Crippen molar-refractivity contribution in [3.8, 4) is 17.2 Å². The first-order valence-electron chi connectivity index (χ1n) is 9.90. The molecule has 2 aliphatic rings. The number of hydrogen-bond donors (Lipinski definition) is 0. The fraction of sp³-hybridized carbons (Fsp3) is 0.667. The first kappa shape index (κ1) is 19.8. The minimum atomic E-state index is 0.0194. The lowest BCUT2D eigenvalue weighted by atomic mass is 9.86. The van der Waals surface area contributed by atoms with E-state index in [-0.39, 0.29) is 5.91 Å². The summed E-state index contributed by atoms with van der Waals surface area (Å²) < 4.78 is 16.1. The SMILES string of the molecule is COc1cc(C(=O)N2CCN(C3CCCC(C)C3)CC2)cc(OC)c1OC. The number of ether oxygens (including phenoxy) is 3. The molecule has 1 saturated heterocycles. The fourth-order valence-corrected chi connectivity index (χ4v) is 4.41. The van der Waals surface area contributed by atoms with Crippen molar-refractivity contribution in [1.82, 2.24) is 9.80 Å². The standard InChI is InChI=1S/C21H32N2O4/c1-15-6-5-7-17(12-15)22-8-10-23(11-9-22)21(24)16-13-18(25-2)20(27-4)19(14-16)26-3/h13-15,17H,5-12H2,1-4H3. The average molecular weight is 376 g/mol. The van der Waals surface area contributed by atoms with E-state index < -0.39 is 0 Å². The van der Waals surface area contributed by atoms with Crippen LogP contribution in [0.15, 0.2) is 12.1 Å². The van der Waals surface area contributed by atoms with Crippen molar-refractivity contribution in [1.29, 1.82) is 0 Å². The highest BCUT2D eigenvalue weighted by Gasteiger charge is 2.30. The molecule has 1 amide bonds. The quantitative estimate of drug-likeness (QED) is 0.791. The van der Waals surface area contributed by atoms with E-state index in [2.05, 4.69) is 11.8 Å². The number of rotatable bonds is 5. The molecule has 1 saturated carbocycles. The van der Waals surface area contributed by atoms with Gasteiger partial charge in [-0.2, -0.15) is 0 Å². The Hall–Kier alpha value is -1.95. The van der Waals surface area contributed by atoms with Crippen LogP contribution in [0, 0.1) is 5.92 Å². The Morgan fingerprint density at radius 2 is 1.59 bits per heavy atom. The van der Waals surface area contributed by atoms with Gasteiger partial charge in [-0.3, -0.25) is 9.69 Å². The largest absolute Gasteiger partial charge is 0.493 e. The lowest BCUT2D eigenvalue weighted by Gasteiger charge is -2.42. The van der Waals surface area contributed by atoms with Gasteiger partial charge in [0, 0.05) is 37.8 Å². The Kier molecular flexibility index (Phi) is 6.47. The molecule has 150 valence electrons. The number of benzene rings is 1. The van der Waals surface area contributed by atoms with Crippen LogP contribution in [0.1, 0.15) is 43.0 Å². The van der Waals surface area contributed by atoms with Crippen LogP contribution in [0.2, 0.25) is 0 Å². The summed E-state index contributed by atoms with van der Waals surface area (Å²) in [6, 6.07) is 4.16. The fourth-order valence-electron chi connectivity index (χ4n) is 4.41. The van der Waals surface area contributed by atoms with Gasteiger partial charge in [-0.05, 0) is 30.9 Å². The molecule has 2 unspecified atom stereocenters. The molecule has 27 heavy (non-hydrogen) atoms. The maximum absolute atomic E-state index is 13.0. The van der Waals surface area contributed by atoms with Crippen LogP contribution in [-0.4, -0.2) is 69.3 Å². The van der Waals surface area contributed by atoms with Crippen LogP contribution >= 0.6 is 0 Å². The summed E-state index contributed by atoms with van der Waals surface area (Å²) in [5.74, 6) is 2.37. The van der Waals surface area contributed by atoms with Crippen molar-refractivity contribution >= 4 is 5.91 Å². The Labute approximate surface area is 162 Å². The van der Waals surface area contributed by atoms with Crippen molar-refractivity contribution in [3.05, 3.63) is 17.7 Å². The molecule has 1 heterocycles. The van der Waals surface area contributed by atoms with Gasteiger partial charge in [0.2, 0.25) is 5.75 Å². The minimum absolute atomic E-state index is 0.0194. The van der Waals surface area contributed by atoms with Gasteiger partial charge in [0.15, 0.2) is 11.5 Å². The van der Waals surface area contributed by atoms with Crippen molar-refractivity contribution in [2.45, 2.75) is 38.6 Å². The summed E-state index contributed by atoms with van der Waals surface area (Å²) >= 11 is 0. The molecule has 0 N–H and O–H groups in total. The van der Waals surface area contributed by atoms with Gasteiger partial charge in [-0.15, -0.1) is 0 Å². The summed E-state index contributed by atoms with van der Waals surface area (Å²) in [5, 5.41) is 0. The molecule has 1 aliphatic carbocycles. The lowest BCUT2D eigenvalue weighted by molar-refractivity contribution is 0.0488. The monoisotopic (exact) mass is 376 g/mol. The van der Waals surface area contributed by atoms with Crippen LogP contribution in [0.5, 0.6) is 17.2 Å². The van der Waals surface area contributed by atoms with Gasteiger partial charge in [0.05, 0.1) is 21.3 Å². The predicted molar refractivity (Wildman–Crippen MR) is 105 cm³/mol. The Bertz CT molecular complexity index is 631. The maximum atomic E-state index is 13.0. The highest BCUT2D eigenvalue weighted by molar-refractivity contribution is 5.95. The van der Waals surface area contributed by atoms with Crippen molar-refractivity contribution < 1.29 is 19.0 Å². The van der Waals surface area contributed by atoms with E-state index >= 15 is 0 Å². The third kappa shape index (κ3) is 4.32. The van der Waals surface area contributed by atoms with Gasteiger partial charge >= 0.3 is 0 Å². The summed E-state index contributed by atoms with van der Waals surface area (Å²) in [5.41, 5.74) is 0.573. The highest BCUT2D eigenvalue weighted by atomic mass is 16.5. The molecule has 1 aromatic rings. The van der Waals surface area contributed by atoms with Crippen LogP contribution in [0.4, 0.5) is 0 Å². The lowest BCUT2D eigenvalue weighted by Crippen LogP contribution is -2.52. The van der Waals surface area contributed by atoms with E-state index in [0.29, 0.717) is 28.9 Å². The van der Waals surface area contributed by atoms with Crippen LogP contribution in [0.25, 0.3) is 0 Å². The van der Waals surface area contributed by atoms with Gasteiger partial charge in [0.1, 0.15) is 0 Å². The maximum Gasteiger partial charge on any atom is 0.254 e. The predicted octanol–water partition coefficient (Wildman–Crippen LogP) is 3.05. The normalized spacial score (nSPS) is 23.8. The smallest absolute Gasteiger partial charge is 0.254 e. The zero-order chi connectivity index (χ0) is 19.4. The Balaban J connectivity index is 1.67. The molecule has 6 nitrogen and oxygen atoms in total. The van der Waals surface area contributed by atoms with Crippen molar-refractivity contribution in [2.75, 3.05) is 47.5 Å². The first-order valence-corrected chi connectivity index (χ1v) is 9.90. The third-order valence-electron chi connectivity index (χ3n) is 5.94. The molecule has 0 spiro atoms. The number of amides is 1. The Morgan fingerprint density at radius 1 is 0.963 bits per heavy atom. The van der Waals surface area contributed by atoms with Crippen molar-refractivity contribution in [3.63, 3.8) is 0 Å². The molecule has 3 rings (SSSR count). The number of methoxy groups -OCH3 is 3. The van der Waals surface area contributed by atoms with E-state index in [1.807, 2.05) is 4.90 Å². The molecule has 0 aromatic heterocycles. The van der Waals surface area contributed by atoms with Gasteiger partial charge in [0.25, 0.3) is 5.91 Å². The summed E-state index contributed by atoms with van der Waals surface area (Å²) in [6.07, 6.45) is 5.28. The van der Waals surface area contributed by atoms with E-state index in [9.17, 15) is 4.79 Å². The minimum Gasteiger partial charge on any atom is -0.493 e. The summed E-state index contributed by atoms with van der Waals surface area (Å²) in [7, 11) is 4.69. The molecular weight excluding hydrogens is 344 g/mol. The highest BCUT2D eigenvalue weighted by Crippen LogP contribution is 2.38. The van der Waals surface area contributed by atoms with E-state index in [1.54, 1.807) is 33.5 Å². The zero-order valence-electron chi connectivity index (χ0n) is 17.0. The number of nitrogens with zero attached hydrogens (tertiary/aromatic N) is 2. The molecule has 6 heteroatoms. The number of hydrogen-bond acceptors (Lipinski definition) is 5. The van der Waals surface area contributed by atoms with Crippen LogP contribution in [-0.2, 0) is 0 Å². The molecule has 0 radical (unpaired) electrons. The second-order valence-corrected chi connectivity index (χ2v) is 7.67. The molecule has 2 atom stereocenters. The van der Waals surface area contributed by atoms with Crippen molar-refractivity contribution in [2.24, 2.45) is 5.92 Å².